The van der Waals surface area contributed by atoms with Crippen LogP contribution in [0.2, 0.25) is 0 Å². The van der Waals surface area contributed by atoms with Crippen molar-refractivity contribution in [1.29, 1.82) is 0 Å². The van der Waals surface area contributed by atoms with E-state index in [1.165, 1.54) is 0 Å². The van der Waals surface area contributed by atoms with Crippen molar-refractivity contribution in [3.05, 3.63) is 40.8 Å². The molecule has 1 heterocycles. The minimum Gasteiger partial charge on any atom is -0.508 e. The third-order valence-electron chi connectivity index (χ3n) is 2.65. The fraction of sp³-hybridized carbons (Fsp3) is 0.231. The minimum absolute atomic E-state index is 0.211. The molecule has 2 N–H and O–H groups in total. The van der Waals surface area contributed by atoms with Crippen molar-refractivity contribution in [1.82, 2.24) is 5.16 Å². The summed E-state index contributed by atoms with van der Waals surface area (Å²) >= 11 is 0. The topological polar surface area (TPSA) is 75.4 Å². The van der Waals surface area contributed by atoms with Gasteiger partial charge in [0, 0.05) is 11.8 Å². The summed E-state index contributed by atoms with van der Waals surface area (Å²) in [6, 6.07) is 4.90. The number of phenolic OH excluding ortho intramolecular Hbond substituents is 1. The third-order valence-corrected chi connectivity index (χ3v) is 2.65. The maximum absolute atomic E-state index is 11.9. The SMILES string of the molecule is Cc1cc(C(=O)Nc2cc(C)c(O)cc2C)no1. The predicted molar refractivity (Wildman–Crippen MR) is 66.8 cm³/mol. The van der Waals surface area contributed by atoms with Crippen molar-refractivity contribution < 1.29 is 14.4 Å². The normalized spacial score (nSPS) is 10.4. The molecule has 2 rings (SSSR count). The number of aryl methyl sites for hydroxylation is 3. The molecule has 0 aliphatic heterocycles. The van der Waals surface area contributed by atoms with Gasteiger partial charge in [-0.1, -0.05) is 5.16 Å². The van der Waals surface area contributed by atoms with Crippen LogP contribution in [-0.2, 0) is 0 Å². The standard InChI is InChI=1S/C13H14N2O3/c1-7-5-12(16)8(2)4-10(7)14-13(17)11-6-9(3)18-15-11/h4-6,16H,1-3H3,(H,14,17). The summed E-state index contributed by atoms with van der Waals surface area (Å²) in [5.74, 6) is 0.460. The van der Waals surface area contributed by atoms with Crippen LogP contribution in [0.5, 0.6) is 5.75 Å². The summed E-state index contributed by atoms with van der Waals surface area (Å²) in [5.41, 5.74) is 2.37. The monoisotopic (exact) mass is 246 g/mol. The van der Waals surface area contributed by atoms with E-state index in [1.807, 2.05) is 6.92 Å². The van der Waals surface area contributed by atoms with Crippen LogP contribution in [-0.4, -0.2) is 16.2 Å². The Morgan fingerprint density at radius 1 is 1.22 bits per heavy atom. The summed E-state index contributed by atoms with van der Waals surface area (Å²) < 4.78 is 4.85. The molecule has 0 aliphatic carbocycles. The van der Waals surface area contributed by atoms with E-state index in [9.17, 15) is 9.90 Å². The Morgan fingerprint density at radius 2 is 1.94 bits per heavy atom. The van der Waals surface area contributed by atoms with Crippen molar-refractivity contribution in [2.75, 3.05) is 5.32 Å². The second-order valence-corrected chi connectivity index (χ2v) is 4.23. The van der Waals surface area contributed by atoms with Crippen LogP contribution in [0.25, 0.3) is 0 Å². The number of rotatable bonds is 2. The molecule has 1 aromatic carbocycles. The fourth-order valence-electron chi connectivity index (χ4n) is 1.60. The lowest BCUT2D eigenvalue weighted by Gasteiger charge is -2.09. The number of hydrogen-bond donors (Lipinski definition) is 2. The largest absolute Gasteiger partial charge is 0.508 e. The number of aromatic hydroxyl groups is 1. The van der Waals surface area contributed by atoms with Gasteiger partial charge in [0.1, 0.15) is 11.5 Å². The smallest absolute Gasteiger partial charge is 0.277 e. The van der Waals surface area contributed by atoms with Crippen LogP contribution in [0.4, 0.5) is 5.69 Å². The molecule has 94 valence electrons. The molecule has 0 bridgehead atoms. The first-order chi connectivity index (χ1) is 8.47. The Labute approximate surface area is 104 Å². The lowest BCUT2D eigenvalue weighted by Crippen LogP contribution is -2.13. The first kappa shape index (κ1) is 12.2. The van der Waals surface area contributed by atoms with Gasteiger partial charge in [-0.2, -0.15) is 0 Å². The number of carbonyl (C=O) groups excluding carboxylic acids is 1. The molecule has 0 radical (unpaired) electrons. The van der Waals surface area contributed by atoms with E-state index in [0.29, 0.717) is 17.0 Å². The van der Waals surface area contributed by atoms with Gasteiger partial charge >= 0.3 is 0 Å². The first-order valence-electron chi connectivity index (χ1n) is 5.52. The van der Waals surface area contributed by atoms with Gasteiger partial charge in [0.25, 0.3) is 5.91 Å². The number of amides is 1. The molecule has 1 amide bonds. The summed E-state index contributed by atoms with van der Waals surface area (Å²) in [7, 11) is 0. The summed E-state index contributed by atoms with van der Waals surface area (Å²) in [6.07, 6.45) is 0. The van der Waals surface area contributed by atoms with Gasteiger partial charge in [0.05, 0.1) is 0 Å². The lowest BCUT2D eigenvalue weighted by molar-refractivity contribution is 0.101. The molecule has 0 unspecified atom stereocenters. The third kappa shape index (κ3) is 2.34. The zero-order valence-corrected chi connectivity index (χ0v) is 10.4. The number of nitrogens with zero attached hydrogens (tertiary/aromatic N) is 1. The molecule has 18 heavy (non-hydrogen) atoms. The van der Waals surface area contributed by atoms with Crippen molar-refractivity contribution in [3.63, 3.8) is 0 Å². The Kier molecular flexibility index (Phi) is 3.06. The average molecular weight is 246 g/mol. The van der Waals surface area contributed by atoms with Crippen molar-refractivity contribution in [3.8, 4) is 5.75 Å². The molecule has 2 aromatic rings. The number of nitrogens with one attached hydrogen (secondary N) is 1. The van der Waals surface area contributed by atoms with Crippen LogP contribution in [0.1, 0.15) is 27.4 Å². The zero-order valence-electron chi connectivity index (χ0n) is 10.4. The van der Waals surface area contributed by atoms with E-state index < -0.39 is 0 Å². The van der Waals surface area contributed by atoms with E-state index in [0.717, 1.165) is 5.56 Å². The molecule has 0 aliphatic rings. The average Bonchev–Trinajstić information content (AvgIpc) is 2.73. The number of hydrogen-bond acceptors (Lipinski definition) is 4. The molecular formula is C13H14N2O3. The van der Waals surface area contributed by atoms with Gasteiger partial charge in [-0.15, -0.1) is 0 Å². The quantitative estimate of drug-likeness (QED) is 0.798. The minimum atomic E-state index is -0.333. The maximum atomic E-state index is 11.9. The highest BCUT2D eigenvalue weighted by Crippen LogP contribution is 2.25. The number of anilines is 1. The van der Waals surface area contributed by atoms with Gasteiger partial charge in [0.15, 0.2) is 5.69 Å². The second-order valence-electron chi connectivity index (χ2n) is 4.23. The molecule has 0 saturated heterocycles. The summed E-state index contributed by atoms with van der Waals surface area (Å²) in [5, 5.41) is 15.9. The fourth-order valence-corrected chi connectivity index (χ4v) is 1.60. The summed E-state index contributed by atoms with van der Waals surface area (Å²) in [6.45, 7) is 5.30. The zero-order chi connectivity index (χ0) is 13.3. The Bertz CT molecular complexity index is 602. The van der Waals surface area contributed by atoms with Gasteiger partial charge < -0.3 is 14.9 Å². The molecule has 5 nitrogen and oxygen atoms in total. The van der Waals surface area contributed by atoms with Crippen LogP contribution < -0.4 is 5.32 Å². The molecule has 0 spiro atoms. The van der Waals surface area contributed by atoms with Crippen molar-refractivity contribution >= 4 is 11.6 Å². The van der Waals surface area contributed by atoms with E-state index >= 15 is 0 Å². The van der Waals surface area contributed by atoms with Crippen LogP contribution in [0, 0.1) is 20.8 Å². The van der Waals surface area contributed by atoms with E-state index in [-0.39, 0.29) is 17.4 Å². The Balaban J connectivity index is 2.24. The highest BCUT2D eigenvalue weighted by Gasteiger charge is 2.13. The number of carbonyl (C=O) groups is 1. The highest BCUT2D eigenvalue weighted by atomic mass is 16.5. The van der Waals surface area contributed by atoms with Gasteiger partial charge in [0.2, 0.25) is 0 Å². The van der Waals surface area contributed by atoms with Gasteiger partial charge in [-0.3, -0.25) is 4.79 Å². The molecule has 0 atom stereocenters. The van der Waals surface area contributed by atoms with Crippen LogP contribution in [0.15, 0.2) is 22.7 Å². The molecule has 0 fully saturated rings. The Morgan fingerprint density at radius 3 is 2.56 bits per heavy atom. The second kappa shape index (κ2) is 4.52. The summed E-state index contributed by atoms with van der Waals surface area (Å²) in [4.78, 5) is 11.9. The number of benzene rings is 1. The maximum Gasteiger partial charge on any atom is 0.277 e. The van der Waals surface area contributed by atoms with Crippen molar-refractivity contribution in [2.24, 2.45) is 0 Å². The number of phenols is 1. The molecule has 5 heteroatoms. The molecular weight excluding hydrogens is 232 g/mol. The van der Waals surface area contributed by atoms with Crippen LogP contribution >= 0.6 is 0 Å². The van der Waals surface area contributed by atoms with Crippen molar-refractivity contribution in [2.45, 2.75) is 20.8 Å². The number of aromatic nitrogens is 1. The van der Waals surface area contributed by atoms with Gasteiger partial charge in [-0.25, -0.2) is 0 Å². The Hall–Kier alpha value is -2.30. The van der Waals surface area contributed by atoms with E-state index in [4.69, 9.17) is 4.52 Å². The first-order valence-corrected chi connectivity index (χ1v) is 5.52. The molecule has 0 saturated carbocycles. The van der Waals surface area contributed by atoms with Gasteiger partial charge in [-0.05, 0) is 44.0 Å². The molecule has 1 aromatic heterocycles. The lowest BCUT2D eigenvalue weighted by atomic mass is 10.1. The van der Waals surface area contributed by atoms with E-state index in [1.54, 1.807) is 32.0 Å². The van der Waals surface area contributed by atoms with Crippen LogP contribution in [0.3, 0.4) is 0 Å². The highest BCUT2D eigenvalue weighted by molar-refractivity contribution is 6.03. The predicted octanol–water partition coefficient (Wildman–Crippen LogP) is 2.56. The van der Waals surface area contributed by atoms with E-state index in [2.05, 4.69) is 10.5 Å².